The Kier molecular flexibility index (Phi) is 5.34. The van der Waals surface area contributed by atoms with Gasteiger partial charge in [0, 0.05) is 31.7 Å². The van der Waals surface area contributed by atoms with E-state index in [9.17, 15) is 9.90 Å². The standard InChI is InChI=1S/C19H28N2O2/c1-20(14-16-7-3-5-9-18(16)22)12-11-19(23)21-13-10-15-6-2-4-8-17(15)21/h2,4,6,8,16,18,22H,3,5,7,9-14H2,1H3. The van der Waals surface area contributed by atoms with Gasteiger partial charge >= 0.3 is 0 Å². The number of aliphatic hydroxyl groups is 1. The quantitative estimate of drug-likeness (QED) is 0.907. The molecule has 0 bridgehead atoms. The van der Waals surface area contributed by atoms with Gasteiger partial charge in [-0.15, -0.1) is 0 Å². The van der Waals surface area contributed by atoms with Gasteiger partial charge in [0.2, 0.25) is 5.91 Å². The Balaban J connectivity index is 1.47. The first-order valence-corrected chi connectivity index (χ1v) is 8.90. The highest BCUT2D eigenvalue weighted by molar-refractivity contribution is 5.95. The summed E-state index contributed by atoms with van der Waals surface area (Å²) in [6.45, 7) is 2.47. The molecule has 0 aromatic heterocycles. The van der Waals surface area contributed by atoms with Crippen LogP contribution in [0, 0.1) is 5.92 Å². The van der Waals surface area contributed by atoms with Crippen molar-refractivity contribution < 1.29 is 9.90 Å². The Hall–Kier alpha value is -1.39. The minimum atomic E-state index is -0.160. The van der Waals surface area contributed by atoms with E-state index in [0.717, 1.165) is 51.0 Å². The number of benzene rings is 1. The lowest BCUT2D eigenvalue weighted by molar-refractivity contribution is -0.118. The molecule has 1 N–H and O–H groups in total. The summed E-state index contributed by atoms with van der Waals surface area (Å²) in [5, 5.41) is 10.1. The van der Waals surface area contributed by atoms with Crippen molar-refractivity contribution >= 4 is 11.6 Å². The van der Waals surface area contributed by atoms with Crippen LogP contribution in [0.3, 0.4) is 0 Å². The van der Waals surface area contributed by atoms with Gasteiger partial charge in [0.25, 0.3) is 0 Å². The second-order valence-electron chi connectivity index (χ2n) is 7.05. The predicted octanol–water partition coefficient (Wildman–Crippen LogP) is 2.45. The molecule has 126 valence electrons. The van der Waals surface area contributed by atoms with Crippen molar-refractivity contribution in [3.63, 3.8) is 0 Å². The number of aliphatic hydroxyl groups excluding tert-OH is 1. The van der Waals surface area contributed by atoms with Gasteiger partial charge in [0.15, 0.2) is 0 Å². The van der Waals surface area contributed by atoms with Crippen LogP contribution in [0.1, 0.15) is 37.7 Å². The lowest BCUT2D eigenvalue weighted by Gasteiger charge is -2.31. The van der Waals surface area contributed by atoms with Gasteiger partial charge in [-0.25, -0.2) is 0 Å². The number of anilines is 1. The maximum atomic E-state index is 12.5. The smallest absolute Gasteiger partial charge is 0.228 e. The van der Waals surface area contributed by atoms with Crippen LogP contribution in [-0.4, -0.2) is 48.7 Å². The van der Waals surface area contributed by atoms with Crippen LogP contribution < -0.4 is 4.90 Å². The molecule has 0 saturated heterocycles. The number of para-hydroxylation sites is 1. The highest BCUT2D eigenvalue weighted by Gasteiger charge is 2.26. The van der Waals surface area contributed by atoms with Gasteiger partial charge in [-0.2, -0.15) is 0 Å². The third-order valence-corrected chi connectivity index (χ3v) is 5.31. The summed E-state index contributed by atoms with van der Waals surface area (Å²) in [4.78, 5) is 16.7. The van der Waals surface area contributed by atoms with Gasteiger partial charge in [-0.05, 0) is 43.9 Å². The van der Waals surface area contributed by atoms with Crippen molar-refractivity contribution in [1.29, 1.82) is 0 Å². The van der Waals surface area contributed by atoms with Crippen molar-refractivity contribution in [3.8, 4) is 0 Å². The van der Waals surface area contributed by atoms with Crippen molar-refractivity contribution in [2.24, 2.45) is 5.92 Å². The van der Waals surface area contributed by atoms with E-state index in [1.807, 2.05) is 23.1 Å². The number of rotatable bonds is 5. The number of hydrogen-bond donors (Lipinski definition) is 1. The first-order chi connectivity index (χ1) is 11.1. The molecule has 1 aromatic rings. The molecule has 1 fully saturated rings. The molecule has 1 saturated carbocycles. The summed E-state index contributed by atoms with van der Waals surface area (Å²) in [6.07, 6.45) is 5.76. The van der Waals surface area contributed by atoms with E-state index < -0.39 is 0 Å². The fraction of sp³-hybridized carbons (Fsp3) is 0.632. The van der Waals surface area contributed by atoms with Crippen molar-refractivity contribution in [1.82, 2.24) is 4.90 Å². The van der Waals surface area contributed by atoms with E-state index in [2.05, 4.69) is 18.0 Å². The van der Waals surface area contributed by atoms with Crippen molar-refractivity contribution in [2.75, 3.05) is 31.6 Å². The fourth-order valence-electron chi connectivity index (χ4n) is 3.91. The molecule has 2 aliphatic rings. The Morgan fingerprint density at radius 1 is 1.30 bits per heavy atom. The number of hydrogen-bond acceptors (Lipinski definition) is 3. The molecule has 1 heterocycles. The number of amides is 1. The van der Waals surface area contributed by atoms with Crippen molar-refractivity contribution in [3.05, 3.63) is 29.8 Å². The molecule has 2 unspecified atom stereocenters. The normalized spacial score (nSPS) is 24.0. The van der Waals surface area contributed by atoms with E-state index in [1.54, 1.807) is 0 Å². The lowest BCUT2D eigenvalue weighted by Crippen LogP contribution is -2.37. The predicted molar refractivity (Wildman–Crippen MR) is 92.6 cm³/mol. The average Bonchev–Trinajstić information content (AvgIpc) is 2.99. The summed E-state index contributed by atoms with van der Waals surface area (Å²) in [7, 11) is 2.06. The van der Waals surface area contributed by atoms with E-state index in [4.69, 9.17) is 0 Å². The maximum Gasteiger partial charge on any atom is 0.228 e. The monoisotopic (exact) mass is 316 g/mol. The number of carbonyl (C=O) groups is 1. The maximum absolute atomic E-state index is 12.5. The molecule has 4 nitrogen and oxygen atoms in total. The minimum absolute atomic E-state index is 0.160. The largest absolute Gasteiger partial charge is 0.393 e. The topological polar surface area (TPSA) is 43.8 Å². The van der Waals surface area contributed by atoms with Crippen LogP contribution in [0.4, 0.5) is 5.69 Å². The van der Waals surface area contributed by atoms with E-state index in [1.165, 1.54) is 12.0 Å². The van der Waals surface area contributed by atoms with Gasteiger partial charge in [0.05, 0.1) is 6.10 Å². The summed E-state index contributed by atoms with van der Waals surface area (Å²) in [5.41, 5.74) is 2.36. The third-order valence-electron chi connectivity index (χ3n) is 5.31. The van der Waals surface area contributed by atoms with Crippen LogP contribution in [0.15, 0.2) is 24.3 Å². The first kappa shape index (κ1) is 16.5. The Bertz CT molecular complexity index is 546. The van der Waals surface area contributed by atoms with Crippen LogP contribution in [0.5, 0.6) is 0 Å². The summed E-state index contributed by atoms with van der Waals surface area (Å²) in [6, 6.07) is 8.19. The van der Waals surface area contributed by atoms with E-state index in [-0.39, 0.29) is 12.0 Å². The van der Waals surface area contributed by atoms with Gasteiger partial charge < -0.3 is 14.9 Å². The Morgan fingerprint density at radius 2 is 2.09 bits per heavy atom. The number of fused-ring (bicyclic) bond motifs is 1. The Labute approximate surface area is 139 Å². The molecular weight excluding hydrogens is 288 g/mol. The number of carbonyl (C=O) groups excluding carboxylic acids is 1. The molecule has 2 atom stereocenters. The number of nitrogens with zero attached hydrogens (tertiary/aromatic N) is 2. The van der Waals surface area contributed by atoms with Gasteiger partial charge in [0.1, 0.15) is 0 Å². The highest BCUT2D eigenvalue weighted by Crippen LogP contribution is 2.28. The zero-order chi connectivity index (χ0) is 16.2. The second kappa shape index (κ2) is 7.45. The second-order valence-corrected chi connectivity index (χ2v) is 7.05. The van der Waals surface area contributed by atoms with Crippen LogP contribution in [0.2, 0.25) is 0 Å². The molecular formula is C19H28N2O2. The molecule has 1 aromatic carbocycles. The SMILES string of the molecule is CN(CCC(=O)N1CCc2ccccc21)CC1CCCCC1O. The zero-order valence-electron chi connectivity index (χ0n) is 14.1. The third kappa shape index (κ3) is 3.93. The fourth-order valence-corrected chi connectivity index (χ4v) is 3.91. The van der Waals surface area contributed by atoms with Crippen molar-refractivity contribution in [2.45, 2.75) is 44.6 Å². The Morgan fingerprint density at radius 3 is 2.91 bits per heavy atom. The minimum Gasteiger partial charge on any atom is -0.393 e. The molecule has 1 amide bonds. The van der Waals surface area contributed by atoms with Gasteiger partial charge in [-0.1, -0.05) is 31.0 Å². The van der Waals surface area contributed by atoms with E-state index in [0.29, 0.717) is 12.3 Å². The van der Waals surface area contributed by atoms with Crippen LogP contribution in [-0.2, 0) is 11.2 Å². The van der Waals surface area contributed by atoms with Crippen LogP contribution >= 0.6 is 0 Å². The zero-order valence-corrected chi connectivity index (χ0v) is 14.1. The van der Waals surface area contributed by atoms with Crippen LogP contribution in [0.25, 0.3) is 0 Å². The first-order valence-electron chi connectivity index (χ1n) is 8.90. The molecule has 0 spiro atoms. The molecule has 4 heteroatoms. The molecule has 3 rings (SSSR count). The van der Waals surface area contributed by atoms with E-state index >= 15 is 0 Å². The summed E-state index contributed by atoms with van der Waals surface area (Å²) in [5.74, 6) is 0.586. The summed E-state index contributed by atoms with van der Waals surface area (Å²) < 4.78 is 0. The molecule has 23 heavy (non-hydrogen) atoms. The molecule has 0 radical (unpaired) electrons. The highest BCUT2D eigenvalue weighted by atomic mass is 16.3. The molecule has 1 aliphatic heterocycles. The molecule has 1 aliphatic carbocycles. The lowest BCUT2D eigenvalue weighted by atomic mass is 9.86. The van der Waals surface area contributed by atoms with Gasteiger partial charge in [-0.3, -0.25) is 4.79 Å². The summed E-state index contributed by atoms with van der Waals surface area (Å²) >= 11 is 0. The average molecular weight is 316 g/mol.